The van der Waals surface area contributed by atoms with E-state index in [1.807, 2.05) is 41.5 Å². The van der Waals surface area contributed by atoms with Crippen molar-refractivity contribution in [2.75, 3.05) is 0 Å². The number of amides is 3. The molecular formula is C23H43N3O6. The topological polar surface area (TPSA) is 145 Å². The Bertz CT molecular complexity index is 633. The molecule has 0 aromatic rings. The zero-order valence-electron chi connectivity index (χ0n) is 20.8. The highest BCUT2D eigenvalue weighted by Gasteiger charge is 2.33. The second kappa shape index (κ2) is 14.1. The van der Waals surface area contributed by atoms with Gasteiger partial charge in [-0.15, -0.1) is 0 Å². The Kier molecular flexibility index (Phi) is 13.1. The smallest absolute Gasteiger partial charge is 0.306 e. The summed E-state index contributed by atoms with van der Waals surface area (Å²) in [5.74, 6) is -2.55. The normalized spacial score (nSPS) is 15.4. The average molecular weight is 458 g/mol. The number of hydrogen-bond donors (Lipinski definition) is 5. The van der Waals surface area contributed by atoms with Crippen molar-refractivity contribution in [1.82, 2.24) is 16.0 Å². The van der Waals surface area contributed by atoms with Crippen LogP contribution in [-0.2, 0) is 19.2 Å². The highest BCUT2D eigenvalue weighted by molar-refractivity contribution is 5.92. The Balaban J connectivity index is 5.43. The third-order valence-corrected chi connectivity index (χ3v) is 5.01. The van der Waals surface area contributed by atoms with E-state index in [1.165, 1.54) is 0 Å². The molecule has 0 heterocycles. The van der Waals surface area contributed by atoms with Crippen LogP contribution in [-0.4, -0.2) is 58.1 Å². The molecule has 32 heavy (non-hydrogen) atoms. The summed E-state index contributed by atoms with van der Waals surface area (Å²) < 4.78 is 0. The molecule has 0 spiro atoms. The van der Waals surface area contributed by atoms with Crippen LogP contribution in [0, 0.1) is 23.7 Å². The van der Waals surface area contributed by atoms with E-state index in [1.54, 1.807) is 13.8 Å². The average Bonchev–Trinajstić information content (AvgIpc) is 2.61. The Morgan fingerprint density at radius 2 is 1.16 bits per heavy atom. The predicted octanol–water partition coefficient (Wildman–Crippen LogP) is 1.68. The van der Waals surface area contributed by atoms with Crippen LogP contribution in [0.15, 0.2) is 0 Å². The van der Waals surface area contributed by atoms with Gasteiger partial charge < -0.3 is 26.2 Å². The fraction of sp³-hybridized carbons (Fsp3) is 0.826. The minimum absolute atomic E-state index is 0.109. The highest BCUT2D eigenvalue weighted by Crippen LogP contribution is 2.13. The maximum absolute atomic E-state index is 13.0. The Morgan fingerprint density at radius 3 is 1.56 bits per heavy atom. The number of aliphatic hydroxyl groups is 1. The van der Waals surface area contributed by atoms with Gasteiger partial charge in [0.25, 0.3) is 0 Å². The summed E-state index contributed by atoms with van der Waals surface area (Å²) in [6.45, 7) is 14.8. The molecule has 0 saturated carbocycles. The lowest BCUT2D eigenvalue weighted by Crippen LogP contribution is -2.59. The first-order chi connectivity index (χ1) is 14.6. The molecule has 0 aromatic heterocycles. The van der Waals surface area contributed by atoms with E-state index in [9.17, 15) is 24.3 Å². The molecule has 0 unspecified atom stereocenters. The van der Waals surface area contributed by atoms with Gasteiger partial charge in [-0.2, -0.15) is 0 Å². The van der Waals surface area contributed by atoms with Crippen LogP contribution in [0.5, 0.6) is 0 Å². The van der Waals surface area contributed by atoms with Gasteiger partial charge >= 0.3 is 5.97 Å². The molecule has 0 aliphatic carbocycles. The summed E-state index contributed by atoms with van der Waals surface area (Å²) >= 11 is 0. The molecule has 9 heteroatoms. The molecule has 5 N–H and O–H groups in total. The lowest BCUT2D eigenvalue weighted by atomic mass is 9.95. The van der Waals surface area contributed by atoms with Crippen molar-refractivity contribution in [2.45, 2.75) is 98.9 Å². The number of rotatable bonds is 14. The number of carbonyl (C=O) groups excluding carboxylic acids is 3. The number of hydrogen-bond acceptors (Lipinski definition) is 5. The van der Waals surface area contributed by atoms with E-state index in [-0.39, 0.29) is 29.6 Å². The highest BCUT2D eigenvalue weighted by atomic mass is 16.4. The van der Waals surface area contributed by atoms with Crippen LogP contribution in [0.3, 0.4) is 0 Å². The predicted molar refractivity (Wildman–Crippen MR) is 123 cm³/mol. The van der Waals surface area contributed by atoms with Crippen molar-refractivity contribution in [1.29, 1.82) is 0 Å². The maximum atomic E-state index is 13.0. The molecule has 0 saturated heterocycles. The fourth-order valence-electron chi connectivity index (χ4n) is 3.33. The fourth-order valence-corrected chi connectivity index (χ4v) is 3.33. The van der Waals surface area contributed by atoms with Gasteiger partial charge in [-0.1, -0.05) is 55.4 Å². The van der Waals surface area contributed by atoms with Crippen LogP contribution in [0.4, 0.5) is 0 Å². The van der Waals surface area contributed by atoms with Crippen molar-refractivity contribution in [2.24, 2.45) is 23.7 Å². The second-order valence-corrected chi connectivity index (χ2v) is 10.0. The first kappa shape index (κ1) is 29.8. The third-order valence-electron chi connectivity index (χ3n) is 5.01. The SMILES string of the molecule is CC(C)CC(=O)N[C@H](C(=O)N[C@H](C(=O)N[C@@H](CC(C)C)[C@@H](O)CC(=O)O)C(C)C)C(C)C. The van der Waals surface area contributed by atoms with Crippen molar-refractivity contribution in [3.05, 3.63) is 0 Å². The monoisotopic (exact) mass is 457 g/mol. The molecule has 0 aliphatic rings. The Morgan fingerprint density at radius 1 is 0.688 bits per heavy atom. The van der Waals surface area contributed by atoms with Gasteiger partial charge in [-0.3, -0.25) is 19.2 Å². The van der Waals surface area contributed by atoms with Gasteiger partial charge in [-0.25, -0.2) is 0 Å². The van der Waals surface area contributed by atoms with E-state index >= 15 is 0 Å². The van der Waals surface area contributed by atoms with Crippen molar-refractivity contribution < 1.29 is 29.4 Å². The van der Waals surface area contributed by atoms with Crippen LogP contribution in [0.25, 0.3) is 0 Å². The number of nitrogens with one attached hydrogen (secondary N) is 3. The number of carboxylic acid groups (broad SMARTS) is 1. The molecule has 0 aliphatic heterocycles. The zero-order chi connectivity index (χ0) is 25.2. The number of aliphatic hydroxyl groups excluding tert-OH is 1. The summed E-state index contributed by atoms with van der Waals surface area (Å²) in [5.41, 5.74) is 0. The minimum Gasteiger partial charge on any atom is -0.481 e. The first-order valence-corrected chi connectivity index (χ1v) is 11.5. The lowest BCUT2D eigenvalue weighted by molar-refractivity contribution is -0.140. The largest absolute Gasteiger partial charge is 0.481 e. The molecule has 0 aromatic carbocycles. The Hall–Kier alpha value is -2.16. The molecule has 186 valence electrons. The van der Waals surface area contributed by atoms with Gasteiger partial charge in [0.15, 0.2) is 0 Å². The standard InChI is InChI=1S/C23H43N3O6/c1-12(2)9-16(17(27)11-19(29)30)24-22(31)21(15(7)8)26-23(32)20(14(5)6)25-18(28)10-13(3)4/h12-17,20-21,27H,9-11H2,1-8H3,(H,24,31)(H,25,28)(H,26,32)(H,29,30)/t16-,17-,20-,21-/m0/s1. The van der Waals surface area contributed by atoms with E-state index < -0.39 is 48.4 Å². The number of aliphatic carboxylic acids is 1. The summed E-state index contributed by atoms with van der Waals surface area (Å²) in [6, 6.07) is -2.46. The number of carbonyl (C=O) groups is 4. The molecule has 9 nitrogen and oxygen atoms in total. The quantitative estimate of drug-likeness (QED) is 0.268. The summed E-state index contributed by atoms with van der Waals surface area (Å²) in [7, 11) is 0. The summed E-state index contributed by atoms with van der Waals surface area (Å²) in [6.07, 6.45) is -1.06. The molecular weight excluding hydrogens is 414 g/mol. The van der Waals surface area contributed by atoms with Gasteiger partial charge in [0, 0.05) is 6.42 Å². The van der Waals surface area contributed by atoms with Crippen LogP contribution < -0.4 is 16.0 Å². The molecule has 0 rings (SSSR count). The van der Waals surface area contributed by atoms with Crippen LogP contribution in [0.1, 0.15) is 74.7 Å². The van der Waals surface area contributed by atoms with E-state index in [2.05, 4.69) is 16.0 Å². The van der Waals surface area contributed by atoms with E-state index in [0.717, 1.165) is 0 Å². The molecule has 0 bridgehead atoms. The van der Waals surface area contributed by atoms with Crippen molar-refractivity contribution in [3.63, 3.8) is 0 Å². The van der Waals surface area contributed by atoms with E-state index in [4.69, 9.17) is 5.11 Å². The van der Waals surface area contributed by atoms with Gasteiger partial charge in [0.1, 0.15) is 12.1 Å². The van der Waals surface area contributed by atoms with E-state index in [0.29, 0.717) is 12.8 Å². The van der Waals surface area contributed by atoms with Gasteiger partial charge in [-0.05, 0) is 30.1 Å². The summed E-state index contributed by atoms with van der Waals surface area (Å²) in [4.78, 5) is 49.1. The van der Waals surface area contributed by atoms with Crippen molar-refractivity contribution in [3.8, 4) is 0 Å². The van der Waals surface area contributed by atoms with Crippen molar-refractivity contribution >= 4 is 23.7 Å². The minimum atomic E-state index is -1.25. The molecule has 0 fully saturated rings. The molecule has 3 amide bonds. The van der Waals surface area contributed by atoms with Crippen LogP contribution in [0.2, 0.25) is 0 Å². The van der Waals surface area contributed by atoms with Gasteiger partial charge in [0.2, 0.25) is 17.7 Å². The summed E-state index contributed by atoms with van der Waals surface area (Å²) in [5, 5.41) is 27.5. The van der Waals surface area contributed by atoms with Gasteiger partial charge in [0.05, 0.1) is 18.6 Å². The molecule has 4 atom stereocenters. The van der Waals surface area contributed by atoms with Crippen LogP contribution >= 0.6 is 0 Å². The third kappa shape index (κ3) is 11.5. The maximum Gasteiger partial charge on any atom is 0.306 e. The second-order valence-electron chi connectivity index (χ2n) is 10.0. The lowest BCUT2D eigenvalue weighted by Gasteiger charge is -2.30. The Labute approximate surface area is 192 Å². The number of carboxylic acids is 1. The molecule has 0 radical (unpaired) electrons. The zero-order valence-corrected chi connectivity index (χ0v) is 20.8. The first-order valence-electron chi connectivity index (χ1n) is 11.5.